The summed E-state index contributed by atoms with van der Waals surface area (Å²) in [7, 11) is 1.61. The number of ketones is 1. The van der Waals surface area contributed by atoms with Gasteiger partial charge in [-0.3, -0.25) is 9.59 Å². The van der Waals surface area contributed by atoms with Gasteiger partial charge in [0, 0.05) is 18.3 Å². The normalized spacial score (nSPS) is 10.0. The van der Waals surface area contributed by atoms with Crippen molar-refractivity contribution in [3.05, 3.63) is 65.5 Å². The lowest BCUT2D eigenvalue weighted by atomic mass is 10.0. The van der Waals surface area contributed by atoms with E-state index in [9.17, 15) is 14.0 Å². The SMILES string of the molecule is CN(C=O)c1ccc(C(=O)c2ccccc2F)cc1. The number of hydrogen-bond donors (Lipinski definition) is 0. The van der Waals surface area contributed by atoms with Crippen molar-refractivity contribution in [3.63, 3.8) is 0 Å². The van der Waals surface area contributed by atoms with E-state index in [0.29, 0.717) is 17.7 Å². The zero-order chi connectivity index (χ0) is 13.8. The lowest BCUT2D eigenvalue weighted by Crippen LogP contribution is -2.13. The number of carbonyl (C=O) groups excluding carboxylic acids is 2. The molecule has 0 fully saturated rings. The molecular formula is C15H12FNO2. The molecule has 0 aliphatic carbocycles. The topological polar surface area (TPSA) is 37.4 Å². The summed E-state index contributed by atoms with van der Waals surface area (Å²) in [6.45, 7) is 0. The monoisotopic (exact) mass is 257 g/mol. The fraction of sp³-hybridized carbons (Fsp3) is 0.0667. The van der Waals surface area contributed by atoms with Crippen LogP contribution < -0.4 is 4.90 Å². The minimum Gasteiger partial charge on any atom is -0.318 e. The summed E-state index contributed by atoms with van der Waals surface area (Å²) < 4.78 is 13.5. The van der Waals surface area contributed by atoms with E-state index in [1.165, 1.54) is 23.1 Å². The summed E-state index contributed by atoms with van der Waals surface area (Å²) in [4.78, 5) is 24.1. The molecule has 0 atom stereocenters. The van der Waals surface area contributed by atoms with E-state index >= 15 is 0 Å². The number of nitrogens with zero attached hydrogens (tertiary/aromatic N) is 1. The predicted octanol–water partition coefficient (Wildman–Crippen LogP) is 2.65. The van der Waals surface area contributed by atoms with E-state index in [2.05, 4.69) is 0 Å². The Hall–Kier alpha value is -2.49. The maximum absolute atomic E-state index is 13.5. The third-order valence-corrected chi connectivity index (χ3v) is 2.81. The van der Waals surface area contributed by atoms with Crippen molar-refractivity contribution in [1.29, 1.82) is 0 Å². The van der Waals surface area contributed by atoms with Crippen molar-refractivity contribution < 1.29 is 14.0 Å². The van der Waals surface area contributed by atoms with Gasteiger partial charge in [0.2, 0.25) is 6.41 Å². The molecule has 19 heavy (non-hydrogen) atoms. The van der Waals surface area contributed by atoms with Gasteiger partial charge in [-0.15, -0.1) is 0 Å². The first-order valence-electron chi connectivity index (χ1n) is 5.71. The Labute approximate surface area is 110 Å². The van der Waals surface area contributed by atoms with Gasteiger partial charge < -0.3 is 4.90 Å². The van der Waals surface area contributed by atoms with E-state index in [0.717, 1.165) is 0 Å². The highest BCUT2D eigenvalue weighted by atomic mass is 19.1. The molecule has 4 heteroatoms. The minimum absolute atomic E-state index is 0.0407. The smallest absolute Gasteiger partial charge is 0.213 e. The van der Waals surface area contributed by atoms with Gasteiger partial charge in [0.15, 0.2) is 5.78 Å². The summed E-state index contributed by atoms with van der Waals surface area (Å²) in [5, 5.41) is 0. The molecule has 0 bridgehead atoms. The minimum atomic E-state index is -0.540. The molecule has 0 aromatic heterocycles. The van der Waals surface area contributed by atoms with Gasteiger partial charge in [0.05, 0.1) is 5.56 Å². The van der Waals surface area contributed by atoms with Crippen LogP contribution in [0.5, 0.6) is 0 Å². The molecular weight excluding hydrogens is 245 g/mol. The quantitative estimate of drug-likeness (QED) is 0.623. The van der Waals surface area contributed by atoms with Crippen LogP contribution in [0.15, 0.2) is 48.5 Å². The van der Waals surface area contributed by atoms with Gasteiger partial charge >= 0.3 is 0 Å². The zero-order valence-corrected chi connectivity index (χ0v) is 10.3. The highest BCUT2D eigenvalue weighted by molar-refractivity contribution is 6.09. The second-order valence-electron chi connectivity index (χ2n) is 4.07. The van der Waals surface area contributed by atoms with Crippen LogP contribution in [-0.2, 0) is 4.79 Å². The molecule has 0 unspecified atom stereocenters. The number of benzene rings is 2. The Morgan fingerprint density at radius 3 is 2.32 bits per heavy atom. The van der Waals surface area contributed by atoms with Crippen LogP contribution in [0.25, 0.3) is 0 Å². The zero-order valence-electron chi connectivity index (χ0n) is 10.3. The summed E-state index contributed by atoms with van der Waals surface area (Å²) in [6.07, 6.45) is 0.674. The summed E-state index contributed by atoms with van der Waals surface area (Å²) in [6, 6.07) is 12.3. The number of rotatable bonds is 4. The number of hydrogen-bond acceptors (Lipinski definition) is 2. The van der Waals surface area contributed by atoms with Crippen LogP contribution in [0.1, 0.15) is 15.9 Å². The van der Waals surface area contributed by atoms with Crippen LogP contribution in [0.2, 0.25) is 0 Å². The molecule has 96 valence electrons. The molecule has 0 aliphatic heterocycles. The second-order valence-corrected chi connectivity index (χ2v) is 4.07. The van der Waals surface area contributed by atoms with Crippen LogP contribution in [-0.4, -0.2) is 19.2 Å². The molecule has 0 aliphatic rings. The van der Waals surface area contributed by atoms with E-state index in [-0.39, 0.29) is 11.3 Å². The van der Waals surface area contributed by atoms with Crippen LogP contribution >= 0.6 is 0 Å². The van der Waals surface area contributed by atoms with Crippen molar-refractivity contribution in [1.82, 2.24) is 0 Å². The second kappa shape index (κ2) is 5.44. The molecule has 3 nitrogen and oxygen atoms in total. The standard InChI is InChI=1S/C15H12FNO2/c1-17(10-18)12-8-6-11(7-9-12)15(19)13-4-2-3-5-14(13)16/h2-10H,1H3. The lowest BCUT2D eigenvalue weighted by Gasteiger charge is -2.10. The van der Waals surface area contributed by atoms with Gasteiger partial charge in [-0.05, 0) is 36.4 Å². The van der Waals surface area contributed by atoms with Gasteiger partial charge in [-0.1, -0.05) is 12.1 Å². The van der Waals surface area contributed by atoms with Crippen LogP contribution in [0.4, 0.5) is 10.1 Å². The Bertz CT molecular complexity index is 608. The first-order chi connectivity index (χ1) is 9.13. The van der Waals surface area contributed by atoms with Gasteiger partial charge in [0.1, 0.15) is 5.82 Å². The fourth-order valence-corrected chi connectivity index (χ4v) is 1.71. The van der Waals surface area contributed by atoms with Crippen molar-refractivity contribution >= 4 is 17.9 Å². The van der Waals surface area contributed by atoms with E-state index in [1.54, 1.807) is 37.4 Å². The van der Waals surface area contributed by atoms with E-state index < -0.39 is 5.82 Å². The maximum Gasteiger partial charge on any atom is 0.213 e. The molecule has 0 saturated heterocycles. The fourth-order valence-electron chi connectivity index (χ4n) is 1.71. The van der Waals surface area contributed by atoms with Crippen molar-refractivity contribution in [2.24, 2.45) is 0 Å². The number of amides is 1. The van der Waals surface area contributed by atoms with Gasteiger partial charge in [0.25, 0.3) is 0 Å². The molecule has 0 heterocycles. The first kappa shape index (κ1) is 13.0. The Morgan fingerprint density at radius 1 is 1.11 bits per heavy atom. The van der Waals surface area contributed by atoms with Crippen LogP contribution in [0, 0.1) is 5.82 Å². The molecule has 2 aromatic rings. The summed E-state index contributed by atoms with van der Waals surface area (Å²) in [5.74, 6) is -0.917. The largest absolute Gasteiger partial charge is 0.318 e. The van der Waals surface area contributed by atoms with Crippen molar-refractivity contribution in [2.45, 2.75) is 0 Å². The molecule has 0 radical (unpaired) electrons. The maximum atomic E-state index is 13.5. The third kappa shape index (κ3) is 2.68. The van der Waals surface area contributed by atoms with Gasteiger partial charge in [-0.25, -0.2) is 4.39 Å². The van der Waals surface area contributed by atoms with Gasteiger partial charge in [-0.2, -0.15) is 0 Å². The summed E-state index contributed by atoms with van der Waals surface area (Å²) in [5.41, 5.74) is 1.09. The van der Waals surface area contributed by atoms with Crippen molar-refractivity contribution in [3.8, 4) is 0 Å². The molecule has 2 aromatic carbocycles. The third-order valence-electron chi connectivity index (χ3n) is 2.81. The predicted molar refractivity (Wildman–Crippen MR) is 70.7 cm³/mol. The Morgan fingerprint density at radius 2 is 1.74 bits per heavy atom. The number of halogens is 1. The average molecular weight is 257 g/mol. The Kier molecular flexibility index (Phi) is 3.71. The van der Waals surface area contributed by atoms with E-state index in [1.807, 2.05) is 0 Å². The molecule has 0 saturated carbocycles. The Balaban J connectivity index is 2.30. The highest BCUT2D eigenvalue weighted by Gasteiger charge is 2.13. The first-order valence-corrected chi connectivity index (χ1v) is 5.71. The van der Waals surface area contributed by atoms with Crippen LogP contribution in [0.3, 0.4) is 0 Å². The van der Waals surface area contributed by atoms with E-state index in [4.69, 9.17) is 0 Å². The molecule has 0 spiro atoms. The number of carbonyl (C=O) groups is 2. The van der Waals surface area contributed by atoms with Crippen molar-refractivity contribution in [2.75, 3.05) is 11.9 Å². The lowest BCUT2D eigenvalue weighted by molar-refractivity contribution is -0.107. The average Bonchev–Trinajstić information content (AvgIpc) is 2.46. The molecule has 1 amide bonds. The summed E-state index contributed by atoms with van der Waals surface area (Å²) >= 11 is 0. The molecule has 0 N–H and O–H groups in total. The number of anilines is 1. The highest BCUT2D eigenvalue weighted by Crippen LogP contribution is 2.17. The molecule has 2 rings (SSSR count).